The lowest BCUT2D eigenvalue weighted by Gasteiger charge is -2.36. The van der Waals surface area contributed by atoms with Gasteiger partial charge in [-0.05, 0) is 65.8 Å². The molecule has 0 aromatic heterocycles. The van der Waals surface area contributed by atoms with Gasteiger partial charge in [-0.3, -0.25) is 0 Å². The van der Waals surface area contributed by atoms with Crippen LogP contribution in [0.1, 0.15) is 39.5 Å². The molecule has 0 aromatic rings. The molecule has 1 aliphatic rings. The summed E-state index contributed by atoms with van der Waals surface area (Å²) in [6, 6.07) is 0.728. The van der Waals surface area contributed by atoms with Crippen molar-refractivity contribution < 1.29 is 5.11 Å². The fraction of sp³-hybridized carbons (Fsp3) is 1.00. The van der Waals surface area contributed by atoms with E-state index in [4.69, 9.17) is 10.8 Å². The zero-order valence-corrected chi connectivity index (χ0v) is 12.4. The first-order valence-corrected chi connectivity index (χ1v) is 7.31. The highest BCUT2D eigenvalue weighted by Crippen LogP contribution is 2.16. The molecule has 0 spiro atoms. The van der Waals surface area contributed by atoms with E-state index >= 15 is 0 Å². The van der Waals surface area contributed by atoms with Gasteiger partial charge in [-0.2, -0.15) is 0 Å². The van der Waals surface area contributed by atoms with Crippen LogP contribution in [0.2, 0.25) is 0 Å². The fourth-order valence-electron chi connectivity index (χ4n) is 2.67. The standard InChI is InChI=1S/C14H31N3O/c1-4-17-10-6-13(7-11-17)16(3)9-5-8-14(2,15)12-18/h13,18H,4-12,15H2,1-3H3. The highest BCUT2D eigenvalue weighted by Gasteiger charge is 2.22. The molecule has 3 N–H and O–H groups in total. The maximum Gasteiger partial charge on any atom is 0.0608 e. The van der Waals surface area contributed by atoms with Gasteiger partial charge in [-0.1, -0.05) is 6.92 Å². The monoisotopic (exact) mass is 257 g/mol. The van der Waals surface area contributed by atoms with Gasteiger partial charge >= 0.3 is 0 Å². The number of hydrogen-bond donors (Lipinski definition) is 2. The lowest BCUT2D eigenvalue weighted by atomic mass is 9.97. The highest BCUT2D eigenvalue weighted by molar-refractivity contribution is 4.80. The maximum atomic E-state index is 9.12. The molecular formula is C14H31N3O. The summed E-state index contributed by atoms with van der Waals surface area (Å²) in [6.07, 6.45) is 4.52. The second kappa shape index (κ2) is 7.43. The molecule has 0 aliphatic carbocycles. The number of hydrogen-bond acceptors (Lipinski definition) is 4. The van der Waals surface area contributed by atoms with Crippen LogP contribution in [0, 0.1) is 0 Å². The van der Waals surface area contributed by atoms with Gasteiger partial charge in [-0.25, -0.2) is 0 Å². The third kappa shape index (κ3) is 5.22. The number of piperidine rings is 1. The first-order valence-electron chi connectivity index (χ1n) is 7.31. The van der Waals surface area contributed by atoms with Crippen molar-refractivity contribution in [3.8, 4) is 0 Å². The Kier molecular flexibility index (Phi) is 6.57. The Labute approximate surface area is 112 Å². The Bertz CT molecular complexity index is 225. The van der Waals surface area contributed by atoms with E-state index < -0.39 is 5.54 Å². The van der Waals surface area contributed by atoms with Crippen molar-refractivity contribution in [3.63, 3.8) is 0 Å². The van der Waals surface area contributed by atoms with Crippen LogP contribution in [-0.2, 0) is 0 Å². The first-order chi connectivity index (χ1) is 8.48. The quantitative estimate of drug-likeness (QED) is 0.711. The van der Waals surface area contributed by atoms with Gasteiger partial charge in [0.15, 0.2) is 0 Å². The summed E-state index contributed by atoms with van der Waals surface area (Å²) in [5, 5.41) is 9.12. The van der Waals surface area contributed by atoms with Gasteiger partial charge in [0.1, 0.15) is 0 Å². The Balaban J connectivity index is 2.19. The molecule has 1 fully saturated rings. The van der Waals surface area contributed by atoms with Gasteiger partial charge in [0.25, 0.3) is 0 Å². The molecule has 4 nitrogen and oxygen atoms in total. The minimum Gasteiger partial charge on any atom is -0.394 e. The van der Waals surface area contributed by atoms with Gasteiger partial charge in [0.05, 0.1) is 6.61 Å². The zero-order chi connectivity index (χ0) is 13.6. The number of nitrogens with two attached hydrogens (primary N) is 1. The van der Waals surface area contributed by atoms with Crippen LogP contribution in [0.5, 0.6) is 0 Å². The van der Waals surface area contributed by atoms with Crippen LogP contribution < -0.4 is 5.73 Å². The van der Waals surface area contributed by atoms with E-state index in [0.29, 0.717) is 0 Å². The van der Waals surface area contributed by atoms with Crippen LogP contribution in [0.25, 0.3) is 0 Å². The van der Waals surface area contributed by atoms with E-state index in [1.54, 1.807) is 0 Å². The van der Waals surface area contributed by atoms with Crippen LogP contribution >= 0.6 is 0 Å². The molecule has 0 aromatic carbocycles. The van der Waals surface area contributed by atoms with E-state index in [9.17, 15) is 0 Å². The van der Waals surface area contributed by atoms with Crippen molar-refractivity contribution in [1.29, 1.82) is 0 Å². The summed E-state index contributed by atoms with van der Waals surface area (Å²) in [4.78, 5) is 4.99. The molecule has 0 amide bonds. The smallest absolute Gasteiger partial charge is 0.0608 e. The number of aliphatic hydroxyl groups is 1. The lowest BCUT2D eigenvalue weighted by Crippen LogP contribution is -2.44. The molecule has 1 heterocycles. The predicted molar refractivity (Wildman–Crippen MR) is 76.7 cm³/mol. The molecule has 1 saturated heterocycles. The molecule has 1 aliphatic heterocycles. The van der Waals surface area contributed by atoms with Gasteiger partial charge in [0.2, 0.25) is 0 Å². The largest absolute Gasteiger partial charge is 0.394 e. The van der Waals surface area contributed by atoms with Crippen LogP contribution in [0.3, 0.4) is 0 Å². The summed E-state index contributed by atoms with van der Waals surface area (Å²) >= 11 is 0. The molecule has 0 saturated carbocycles. The minimum atomic E-state index is -0.410. The Morgan fingerprint density at radius 2 is 2.00 bits per heavy atom. The van der Waals surface area contributed by atoms with E-state index in [-0.39, 0.29) is 6.61 Å². The molecule has 0 radical (unpaired) electrons. The SMILES string of the molecule is CCN1CCC(N(C)CCCC(C)(N)CO)CC1. The number of aliphatic hydroxyl groups excluding tert-OH is 1. The molecule has 0 bridgehead atoms. The maximum absolute atomic E-state index is 9.12. The summed E-state index contributed by atoms with van der Waals surface area (Å²) in [6.45, 7) is 8.97. The summed E-state index contributed by atoms with van der Waals surface area (Å²) < 4.78 is 0. The van der Waals surface area contributed by atoms with Crippen molar-refractivity contribution in [2.75, 3.05) is 39.8 Å². The van der Waals surface area contributed by atoms with Gasteiger partial charge < -0.3 is 20.6 Å². The van der Waals surface area contributed by atoms with Crippen LogP contribution in [0.4, 0.5) is 0 Å². The average molecular weight is 257 g/mol. The highest BCUT2D eigenvalue weighted by atomic mass is 16.3. The summed E-state index contributed by atoms with van der Waals surface area (Å²) in [7, 11) is 2.22. The Morgan fingerprint density at radius 3 is 2.50 bits per heavy atom. The normalized spacial score (nSPS) is 22.3. The van der Waals surface area contributed by atoms with Crippen molar-refractivity contribution >= 4 is 0 Å². The lowest BCUT2D eigenvalue weighted by molar-refractivity contribution is 0.125. The van der Waals surface area contributed by atoms with Crippen molar-refractivity contribution in [1.82, 2.24) is 9.80 Å². The molecular weight excluding hydrogens is 226 g/mol. The van der Waals surface area contributed by atoms with Gasteiger partial charge in [-0.15, -0.1) is 0 Å². The average Bonchev–Trinajstić information content (AvgIpc) is 2.38. The second-order valence-corrected chi connectivity index (χ2v) is 6.06. The molecule has 1 atom stereocenters. The third-order valence-electron chi connectivity index (χ3n) is 4.25. The van der Waals surface area contributed by atoms with Crippen molar-refractivity contribution in [2.45, 2.75) is 51.1 Å². The minimum absolute atomic E-state index is 0.0750. The van der Waals surface area contributed by atoms with Gasteiger partial charge in [0, 0.05) is 11.6 Å². The molecule has 4 heteroatoms. The van der Waals surface area contributed by atoms with Crippen molar-refractivity contribution in [2.24, 2.45) is 5.73 Å². The van der Waals surface area contributed by atoms with E-state index in [1.165, 1.54) is 32.5 Å². The van der Waals surface area contributed by atoms with E-state index in [0.717, 1.165) is 25.4 Å². The number of rotatable bonds is 7. The predicted octanol–water partition coefficient (Wildman–Crippen LogP) is 0.892. The van der Waals surface area contributed by atoms with Crippen molar-refractivity contribution in [3.05, 3.63) is 0 Å². The number of nitrogens with zero attached hydrogens (tertiary/aromatic N) is 2. The second-order valence-electron chi connectivity index (χ2n) is 6.06. The summed E-state index contributed by atoms with van der Waals surface area (Å²) in [5.41, 5.74) is 5.53. The van der Waals surface area contributed by atoms with E-state index in [1.807, 2.05) is 6.92 Å². The zero-order valence-electron chi connectivity index (χ0n) is 12.4. The molecule has 108 valence electrons. The first kappa shape index (κ1) is 15.9. The van der Waals surface area contributed by atoms with Crippen LogP contribution in [-0.4, -0.2) is 66.3 Å². The Hall–Kier alpha value is -0.160. The third-order valence-corrected chi connectivity index (χ3v) is 4.25. The number of likely N-dealkylation sites (tertiary alicyclic amines) is 1. The van der Waals surface area contributed by atoms with Crippen LogP contribution in [0.15, 0.2) is 0 Å². The van der Waals surface area contributed by atoms with E-state index in [2.05, 4.69) is 23.8 Å². The topological polar surface area (TPSA) is 52.7 Å². The Morgan fingerprint density at radius 1 is 1.39 bits per heavy atom. The molecule has 1 unspecified atom stereocenters. The molecule has 18 heavy (non-hydrogen) atoms. The fourth-order valence-corrected chi connectivity index (χ4v) is 2.67. The molecule has 1 rings (SSSR count). The summed E-state index contributed by atoms with van der Waals surface area (Å²) in [5.74, 6) is 0.